The monoisotopic (exact) mass is 199 g/mol. The first-order chi connectivity index (χ1) is 6.06. The van der Waals surface area contributed by atoms with Crippen LogP contribution in [0.5, 0.6) is 0 Å². The minimum atomic E-state index is -0.678. The van der Waals surface area contributed by atoms with Crippen LogP contribution in [0, 0.1) is 11.3 Å². The number of nitrogens with zero attached hydrogens (tertiary/aromatic N) is 1. The molecule has 0 bridgehead atoms. The smallest absolute Gasteiger partial charge is 0.308 e. The lowest BCUT2D eigenvalue weighted by molar-refractivity contribution is 0.870. The third-order valence-corrected chi connectivity index (χ3v) is 1.91. The minimum Gasteiger partial charge on any atom is -0.308 e. The highest BCUT2D eigenvalue weighted by Crippen LogP contribution is 2.15. The lowest BCUT2D eigenvalue weighted by Crippen LogP contribution is -2.25. The van der Waals surface area contributed by atoms with Gasteiger partial charge in [0, 0.05) is 0 Å². The van der Waals surface area contributed by atoms with Gasteiger partial charge in [-0.3, -0.25) is 9.78 Å². The molecule has 0 aliphatic heterocycles. The Kier molecular flexibility index (Phi) is 2.54. The molecule has 0 aromatic carbocycles. The van der Waals surface area contributed by atoms with Crippen LogP contribution in [-0.4, -0.2) is 9.97 Å². The van der Waals surface area contributed by atoms with E-state index in [2.05, 4.69) is 4.98 Å². The van der Waals surface area contributed by atoms with Gasteiger partial charge in [0.05, 0.1) is 17.7 Å². The molecule has 68 valence electrons. The second-order valence-electron chi connectivity index (χ2n) is 2.49. The second-order valence-corrected chi connectivity index (χ2v) is 2.86. The molecule has 0 fully saturated rings. The van der Waals surface area contributed by atoms with Crippen LogP contribution in [0.1, 0.15) is 18.5 Å². The molecule has 1 heterocycles. The molecule has 0 spiro atoms. The molecule has 0 amide bonds. The largest absolute Gasteiger partial charge is 0.326 e. The van der Waals surface area contributed by atoms with Gasteiger partial charge in [-0.25, -0.2) is 4.79 Å². The van der Waals surface area contributed by atoms with Crippen molar-refractivity contribution in [3.8, 4) is 6.07 Å². The summed E-state index contributed by atoms with van der Waals surface area (Å²) in [6, 6.07) is 1.87. The van der Waals surface area contributed by atoms with Gasteiger partial charge in [0.1, 0.15) is 5.02 Å². The SMILES string of the molecule is CC(C#N)c1[nH]c(=O)[nH]c(=O)c1Cl. The van der Waals surface area contributed by atoms with Gasteiger partial charge in [-0.05, 0) is 6.92 Å². The fraction of sp³-hybridized carbons (Fsp3) is 0.286. The molecule has 1 rings (SSSR count). The Morgan fingerprint density at radius 2 is 2.08 bits per heavy atom. The summed E-state index contributed by atoms with van der Waals surface area (Å²) in [6.45, 7) is 1.54. The number of halogens is 1. The standard InChI is InChI=1S/C7H6ClN3O2/c1-3(2-9)5-4(8)6(12)11-7(13)10-5/h3H,1H3,(H2,10,11,12,13). The van der Waals surface area contributed by atoms with Crippen molar-refractivity contribution in [3.05, 3.63) is 31.6 Å². The highest BCUT2D eigenvalue weighted by molar-refractivity contribution is 6.31. The van der Waals surface area contributed by atoms with Crippen molar-refractivity contribution in [3.63, 3.8) is 0 Å². The summed E-state index contributed by atoms with van der Waals surface area (Å²) in [5.74, 6) is -0.609. The van der Waals surface area contributed by atoms with E-state index >= 15 is 0 Å². The summed E-state index contributed by atoms with van der Waals surface area (Å²) in [6.07, 6.45) is 0. The number of nitriles is 1. The maximum Gasteiger partial charge on any atom is 0.326 e. The molecule has 0 saturated carbocycles. The van der Waals surface area contributed by atoms with E-state index in [9.17, 15) is 9.59 Å². The Balaban J connectivity index is 3.48. The number of aromatic amines is 2. The van der Waals surface area contributed by atoms with Crippen molar-refractivity contribution in [1.82, 2.24) is 9.97 Å². The zero-order chi connectivity index (χ0) is 10.0. The van der Waals surface area contributed by atoms with Gasteiger partial charge in [-0.15, -0.1) is 0 Å². The highest BCUT2D eigenvalue weighted by atomic mass is 35.5. The first-order valence-corrected chi connectivity index (χ1v) is 3.85. The lowest BCUT2D eigenvalue weighted by Gasteiger charge is -2.02. The normalized spacial score (nSPS) is 12.1. The summed E-state index contributed by atoms with van der Waals surface area (Å²) < 4.78 is 0. The van der Waals surface area contributed by atoms with Crippen LogP contribution in [0.2, 0.25) is 5.02 Å². The average molecular weight is 200 g/mol. The van der Waals surface area contributed by atoms with Crippen LogP contribution in [0.15, 0.2) is 9.59 Å². The maximum atomic E-state index is 11.0. The molecule has 0 aliphatic rings. The molecule has 1 unspecified atom stereocenters. The first-order valence-electron chi connectivity index (χ1n) is 3.48. The van der Waals surface area contributed by atoms with E-state index in [0.717, 1.165) is 0 Å². The Morgan fingerprint density at radius 3 is 2.62 bits per heavy atom. The summed E-state index contributed by atoms with van der Waals surface area (Å²) in [7, 11) is 0. The van der Waals surface area contributed by atoms with Crippen LogP contribution in [0.3, 0.4) is 0 Å². The highest BCUT2D eigenvalue weighted by Gasteiger charge is 2.12. The van der Waals surface area contributed by atoms with Gasteiger partial charge in [0.2, 0.25) is 0 Å². The number of nitrogens with one attached hydrogen (secondary N) is 2. The number of hydrogen-bond acceptors (Lipinski definition) is 3. The summed E-state index contributed by atoms with van der Waals surface area (Å²) in [5.41, 5.74) is -1.19. The van der Waals surface area contributed by atoms with E-state index in [1.807, 2.05) is 11.1 Å². The van der Waals surface area contributed by atoms with Gasteiger partial charge < -0.3 is 4.98 Å². The first kappa shape index (κ1) is 9.55. The number of H-pyrrole nitrogens is 2. The van der Waals surface area contributed by atoms with Crippen LogP contribution in [0.25, 0.3) is 0 Å². The molecule has 0 radical (unpaired) electrons. The zero-order valence-corrected chi connectivity index (χ0v) is 7.47. The van der Waals surface area contributed by atoms with E-state index in [1.165, 1.54) is 6.92 Å². The molecule has 1 atom stereocenters. The summed E-state index contributed by atoms with van der Waals surface area (Å²) in [5, 5.41) is 8.41. The Morgan fingerprint density at radius 1 is 1.46 bits per heavy atom. The van der Waals surface area contributed by atoms with Crippen molar-refractivity contribution in [1.29, 1.82) is 5.26 Å². The fourth-order valence-electron chi connectivity index (χ4n) is 0.852. The van der Waals surface area contributed by atoms with E-state index in [1.54, 1.807) is 0 Å². The van der Waals surface area contributed by atoms with Crippen molar-refractivity contribution >= 4 is 11.6 Å². The van der Waals surface area contributed by atoms with E-state index < -0.39 is 17.2 Å². The average Bonchev–Trinajstić information content (AvgIpc) is 2.10. The Hall–Kier alpha value is -1.54. The number of hydrogen-bond donors (Lipinski definition) is 2. The van der Waals surface area contributed by atoms with Crippen LogP contribution < -0.4 is 11.2 Å². The van der Waals surface area contributed by atoms with Crippen LogP contribution in [-0.2, 0) is 0 Å². The van der Waals surface area contributed by atoms with Gasteiger partial charge in [0.15, 0.2) is 0 Å². The van der Waals surface area contributed by atoms with E-state index in [-0.39, 0.29) is 10.7 Å². The molecule has 0 aliphatic carbocycles. The molecule has 0 saturated heterocycles. The third-order valence-electron chi connectivity index (χ3n) is 1.54. The molecule has 1 aromatic heterocycles. The Labute approximate surface area is 78.0 Å². The van der Waals surface area contributed by atoms with E-state index in [4.69, 9.17) is 16.9 Å². The van der Waals surface area contributed by atoms with Gasteiger partial charge in [-0.1, -0.05) is 11.6 Å². The molecular weight excluding hydrogens is 194 g/mol. The van der Waals surface area contributed by atoms with Crippen molar-refractivity contribution in [2.24, 2.45) is 0 Å². The zero-order valence-electron chi connectivity index (χ0n) is 6.72. The molecule has 13 heavy (non-hydrogen) atoms. The molecule has 1 aromatic rings. The fourth-order valence-corrected chi connectivity index (χ4v) is 1.11. The topological polar surface area (TPSA) is 89.5 Å². The van der Waals surface area contributed by atoms with Crippen molar-refractivity contribution in [2.75, 3.05) is 0 Å². The number of aromatic nitrogens is 2. The predicted octanol–water partition coefficient (Wildman–Crippen LogP) is 0.344. The minimum absolute atomic E-state index is 0.145. The third kappa shape index (κ3) is 1.79. The molecule has 2 N–H and O–H groups in total. The predicted molar refractivity (Wildman–Crippen MR) is 46.7 cm³/mol. The van der Waals surface area contributed by atoms with Crippen LogP contribution in [0.4, 0.5) is 0 Å². The van der Waals surface area contributed by atoms with Gasteiger partial charge in [0.25, 0.3) is 5.56 Å². The van der Waals surface area contributed by atoms with Crippen molar-refractivity contribution in [2.45, 2.75) is 12.8 Å². The quantitative estimate of drug-likeness (QED) is 0.684. The molecular formula is C7H6ClN3O2. The summed E-state index contributed by atoms with van der Waals surface area (Å²) in [4.78, 5) is 26.0. The lowest BCUT2D eigenvalue weighted by atomic mass is 10.1. The van der Waals surface area contributed by atoms with Crippen LogP contribution >= 0.6 is 11.6 Å². The maximum absolute atomic E-state index is 11.0. The van der Waals surface area contributed by atoms with E-state index in [0.29, 0.717) is 0 Å². The van der Waals surface area contributed by atoms with Crippen molar-refractivity contribution < 1.29 is 0 Å². The van der Waals surface area contributed by atoms with Gasteiger partial charge >= 0.3 is 5.69 Å². The molecule has 5 nitrogen and oxygen atoms in total. The van der Waals surface area contributed by atoms with Gasteiger partial charge in [-0.2, -0.15) is 5.26 Å². The second kappa shape index (κ2) is 3.46. The molecule has 6 heteroatoms. The summed E-state index contributed by atoms with van der Waals surface area (Å²) >= 11 is 5.57. The number of rotatable bonds is 1. The Bertz CT molecular complexity index is 468.